The van der Waals surface area contributed by atoms with Gasteiger partial charge in [0.05, 0.1) is 39.1 Å². The van der Waals surface area contributed by atoms with Crippen molar-refractivity contribution in [3.63, 3.8) is 0 Å². The Hall–Kier alpha value is 0.259. The van der Waals surface area contributed by atoms with E-state index in [9.17, 15) is 14.4 Å². The van der Waals surface area contributed by atoms with Crippen molar-refractivity contribution in [2.24, 2.45) is 17.8 Å². The van der Waals surface area contributed by atoms with Crippen LogP contribution < -0.4 is 0 Å². The van der Waals surface area contributed by atoms with Crippen molar-refractivity contribution in [2.75, 3.05) is 37.1 Å². The zero-order valence-electron chi connectivity index (χ0n) is 29.4. The van der Waals surface area contributed by atoms with E-state index in [1.165, 1.54) is 38.5 Å². The van der Waals surface area contributed by atoms with Crippen molar-refractivity contribution < 1.29 is 28.6 Å². The van der Waals surface area contributed by atoms with Crippen molar-refractivity contribution in [3.05, 3.63) is 0 Å². The molecule has 0 amide bonds. The predicted molar refractivity (Wildman–Crippen MR) is 200 cm³/mol. The molecule has 0 aliphatic carbocycles. The van der Waals surface area contributed by atoms with Gasteiger partial charge in [0.2, 0.25) is 0 Å². The molecule has 0 aromatic heterocycles. The summed E-state index contributed by atoms with van der Waals surface area (Å²) in [5, 5.41) is 0. The van der Waals surface area contributed by atoms with Gasteiger partial charge in [0, 0.05) is 17.3 Å². The average molecular weight is 789 g/mol. The second-order valence-electron chi connectivity index (χ2n) is 11.8. The number of rotatable bonds is 24. The number of carbonyl (C=O) groups is 3. The third-order valence-electron chi connectivity index (χ3n) is 6.01. The fourth-order valence-electron chi connectivity index (χ4n) is 3.54. The number of hydrogen-bond donors (Lipinski definition) is 3. The molecule has 0 atom stereocenters. The van der Waals surface area contributed by atoms with Crippen molar-refractivity contribution in [1.82, 2.24) is 0 Å². The van der Waals surface area contributed by atoms with E-state index in [-0.39, 0.29) is 17.9 Å². The summed E-state index contributed by atoms with van der Waals surface area (Å²) in [5.74, 6) is 3.70. The van der Waals surface area contributed by atoms with Crippen molar-refractivity contribution in [1.29, 1.82) is 0 Å². The monoisotopic (exact) mass is 789 g/mol. The molecule has 0 aliphatic rings. The Morgan fingerprint density at radius 2 is 0.682 bits per heavy atom. The quantitative estimate of drug-likeness (QED) is 0.0298. The zero-order chi connectivity index (χ0) is 34.4. The van der Waals surface area contributed by atoms with Crippen LogP contribution in [0.3, 0.4) is 0 Å². The van der Waals surface area contributed by atoms with Crippen molar-refractivity contribution in [3.8, 4) is 0 Å². The second-order valence-corrected chi connectivity index (χ2v) is 13.2. The standard InChI is InChI=1S/3C11H22O2S.CH3.Sn/c3*1-10(2)6-4-3-5-8-13-11(12)7-9-14;;/h3*10,14H,3-9H2,1-2H3;1H3;. The topological polar surface area (TPSA) is 78.9 Å². The van der Waals surface area contributed by atoms with Crippen molar-refractivity contribution >= 4 is 78.3 Å². The Bertz CT molecular complexity index is 527. The molecule has 0 saturated carbocycles. The first-order valence-electron chi connectivity index (χ1n) is 16.8. The molecule has 0 unspecified atom stereocenters. The average Bonchev–Trinajstić information content (AvgIpc) is 2.96. The number of hydrogen-bond acceptors (Lipinski definition) is 9. The van der Waals surface area contributed by atoms with Crippen LogP contribution in [-0.2, 0) is 28.6 Å². The Balaban J connectivity index is -0.000000265. The molecule has 10 heteroatoms. The molecule has 0 heterocycles. The number of esters is 3. The van der Waals surface area contributed by atoms with Gasteiger partial charge >= 0.3 is 45.4 Å². The summed E-state index contributed by atoms with van der Waals surface area (Å²) in [5.41, 5.74) is 0. The van der Waals surface area contributed by atoms with Crippen LogP contribution in [0.4, 0.5) is 0 Å². The molecule has 0 aromatic carbocycles. The van der Waals surface area contributed by atoms with Crippen LogP contribution >= 0.6 is 37.9 Å². The van der Waals surface area contributed by atoms with Crippen LogP contribution in [0.1, 0.15) is 138 Å². The van der Waals surface area contributed by atoms with E-state index >= 15 is 0 Å². The molecule has 263 valence electrons. The van der Waals surface area contributed by atoms with Gasteiger partial charge in [-0.15, -0.1) is 0 Å². The summed E-state index contributed by atoms with van der Waals surface area (Å²) in [6, 6.07) is 0. The molecular formula is C34H69O6S3Sn. The molecule has 44 heavy (non-hydrogen) atoms. The van der Waals surface area contributed by atoms with Crippen LogP contribution in [0, 0.1) is 17.8 Å². The Morgan fingerprint density at radius 3 is 0.864 bits per heavy atom. The summed E-state index contributed by atoms with van der Waals surface area (Å²) in [6.07, 6.45) is 15.2. The van der Waals surface area contributed by atoms with E-state index in [1.807, 2.05) is 0 Å². The second kappa shape index (κ2) is 43.3. The SMILES string of the molecule is CC(C)CCCCCOC(=O)CCS.CC(C)CCCCCOC(=O)CCS.CC(C)CCCCCOC(=O)CCS.[CH3][Sn]. The Kier molecular flexibility index (Phi) is 50.2. The van der Waals surface area contributed by atoms with Gasteiger partial charge in [-0.3, -0.25) is 14.4 Å². The summed E-state index contributed by atoms with van der Waals surface area (Å²) in [6.45, 7) is 15.1. The molecule has 0 spiro atoms. The fourth-order valence-corrected chi connectivity index (χ4v) is 4.09. The van der Waals surface area contributed by atoms with E-state index in [4.69, 9.17) is 14.2 Å². The normalized spacial score (nSPS) is 10.2. The van der Waals surface area contributed by atoms with Crippen LogP contribution in [0.5, 0.6) is 0 Å². The molecule has 0 saturated heterocycles. The maximum absolute atomic E-state index is 10.9. The van der Waals surface area contributed by atoms with Crippen molar-refractivity contribution in [2.45, 2.75) is 143 Å². The van der Waals surface area contributed by atoms with Gasteiger partial charge in [-0.05, 0) is 37.0 Å². The van der Waals surface area contributed by atoms with Crippen LogP contribution in [0.25, 0.3) is 0 Å². The van der Waals surface area contributed by atoms with E-state index in [2.05, 4.69) is 84.4 Å². The van der Waals surface area contributed by atoms with Gasteiger partial charge < -0.3 is 14.2 Å². The van der Waals surface area contributed by atoms with Gasteiger partial charge in [0.25, 0.3) is 0 Å². The molecule has 0 aliphatic heterocycles. The first-order valence-corrected chi connectivity index (χ1v) is 21.5. The van der Waals surface area contributed by atoms with Crippen LogP contribution in [0.15, 0.2) is 0 Å². The van der Waals surface area contributed by atoms with E-state index < -0.39 is 0 Å². The number of thiol groups is 3. The fraction of sp³-hybridized carbons (Fsp3) is 0.912. The molecule has 0 bridgehead atoms. The van der Waals surface area contributed by atoms with Crippen LogP contribution in [-0.4, -0.2) is 77.5 Å². The number of unbranched alkanes of at least 4 members (excludes halogenated alkanes) is 6. The molecule has 6 nitrogen and oxygen atoms in total. The minimum atomic E-state index is -0.121. The summed E-state index contributed by atoms with van der Waals surface area (Å²) in [4.78, 5) is 34.8. The molecule has 3 radical (unpaired) electrons. The van der Waals surface area contributed by atoms with Gasteiger partial charge in [0.1, 0.15) is 0 Å². The summed E-state index contributed by atoms with van der Waals surface area (Å²) >= 11 is 13.4. The minimum absolute atomic E-state index is 0.121. The summed E-state index contributed by atoms with van der Waals surface area (Å²) in [7, 11) is 0. The zero-order valence-corrected chi connectivity index (χ0v) is 34.9. The molecule has 0 aromatic rings. The summed E-state index contributed by atoms with van der Waals surface area (Å²) < 4.78 is 15.0. The van der Waals surface area contributed by atoms with E-state index in [0.29, 0.717) is 56.3 Å². The third kappa shape index (κ3) is 54.7. The van der Waals surface area contributed by atoms with Gasteiger partial charge in [-0.2, -0.15) is 37.9 Å². The predicted octanol–water partition coefficient (Wildman–Crippen LogP) is 9.40. The number of ether oxygens (including phenoxy) is 3. The molecule has 0 rings (SSSR count). The van der Waals surface area contributed by atoms with E-state index in [0.717, 1.165) is 56.3 Å². The first-order chi connectivity index (χ1) is 21.0. The maximum atomic E-state index is 10.9. The third-order valence-corrected chi connectivity index (χ3v) is 6.69. The van der Waals surface area contributed by atoms with E-state index in [1.54, 1.807) is 22.5 Å². The van der Waals surface area contributed by atoms with Gasteiger partial charge in [-0.1, -0.05) is 99.3 Å². The Labute approximate surface area is 302 Å². The molecule has 0 fully saturated rings. The van der Waals surface area contributed by atoms with Gasteiger partial charge in [-0.25, -0.2) is 0 Å². The number of carbonyl (C=O) groups excluding carboxylic acids is 3. The first kappa shape index (κ1) is 51.1. The molecule has 0 N–H and O–H groups in total. The van der Waals surface area contributed by atoms with Crippen LogP contribution in [0.2, 0.25) is 4.94 Å². The van der Waals surface area contributed by atoms with Gasteiger partial charge in [0.15, 0.2) is 0 Å². The Morgan fingerprint density at radius 1 is 0.455 bits per heavy atom. The molecular weight excluding hydrogens is 719 g/mol.